The lowest BCUT2D eigenvalue weighted by Crippen LogP contribution is -1.91. The molecule has 0 aromatic rings. The summed E-state index contributed by atoms with van der Waals surface area (Å²) in [6.07, 6.45) is 0. The molecular weight excluding hydrogens is 110 g/mol. The normalized spacial score (nSPS) is 12.9. The number of hydrogen-bond acceptors (Lipinski definition) is 1. The summed E-state index contributed by atoms with van der Waals surface area (Å²) in [4.78, 5) is 0. The van der Waals surface area contributed by atoms with Gasteiger partial charge in [-0.2, -0.15) is 5.26 Å². The van der Waals surface area contributed by atoms with E-state index in [0.29, 0.717) is 5.92 Å². The maximum atomic E-state index is 8.45. The van der Waals surface area contributed by atoms with E-state index in [0.717, 1.165) is 5.57 Å². The van der Waals surface area contributed by atoms with Crippen molar-refractivity contribution in [3.63, 3.8) is 0 Å². The van der Waals surface area contributed by atoms with Crippen molar-refractivity contribution >= 4 is 0 Å². The molecule has 0 spiro atoms. The average Bonchev–Trinajstić information content (AvgIpc) is 1.84. The molecule has 0 amide bonds. The molecule has 0 saturated heterocycles. The second-order valence-electron chi connectivity index (χ2n) is 2.57. The second-order valence-corrected chi connectivity index (χ2v) is 2.57. The quantitative estimate of drug-likeness (QED) is 0.491. The van der Waals surface area contributed by atoms with E-state index in [1.165, 1.54) is 5.57 Å². The van der Waals surface area contributed by atoms with E-state index in [1.54, 1.807) is 0 Å². The Morgan fingerprint density at radius 3 is 1.89 bits per heavy atom. The minimum Gasteiger partial charge on any atom is -0.193 e. The molecule has 0 aliphatic heterocycles. The lowest BCUT2D eigenvalue weighted by Gasteiger charge is -2.03. The molecule has 0 fully saturated rings. The Labute approximate surface area is 57.0 Å². The minimum atomic E-state index is 0.504. The van der Waals surface area contributed by atoms with Crippen molar-refractivity contribution in [2.24, 2.45) is 5.92 Å². The molecule has 50 valence electrons. The molecule has 0 aliphatic rings. The minimum absolute atomic E-state index is 0.504. The molecule has 0 rings (SSSR count). The number of allylic oxidation sites excluding steroid dienone is 2. The summed E-state index contributed by atoms with van der Waals surface area (Å²) in [5.41, 5.74) is 2.04. The monoisotopic (exact) mass is 123 g/mol. The first-order valence-corrected chi connectivity index (χ1v) is 3.17. The van der Waals surface area contributed by atoms with Gasteiger partial charge in [0.15, 0.2) is 0 Å². The van der Waals surface area contributed by atoms with Crippen LogP contribution in [0.3, 0.4) is 0 Å². The van der Waals surface area contributed by atoms with E-state index >= 15 is 0 Å². The summed E-state index contributed by atoms with van der Waals surface area (Å²) in [5.74, 6) is 0.504. The highest BCUT2D eigenvalue weighted by molar-refractivity contribution is 5.24. The highest BCUT2D eigenvalue weighted by Gasteiger charge is 1.98. The standard InChI is InChI=1S/C8H13N/c1-6(2)8(4)7(3)5-9/h6H,1-4H3/b8-7+. The zero-order chi connectivity index (χ0) is 7.44. The molecule has 1 heteroatoms. The van der Waals surface area contributed by atoms with Crippen LogP contribution in [0.2, 0.25) is 0 Å². The third-order valence-corrected chi connectivity index (χ3v) is 1.63. The first-order chi connectivity index (χ1) is 4.09. The Morgan fingerprint density at radius 2 is 1.78 bits per heavy atom. The molecule has 0 aliphatic carbocycles. The van der Waals surface area contributed by atoms with Crippen molar-refractivity contribution in [2.75, 3.05) is 0 Å². The van der Waals surface area contributed by atoms with Crippen LogP contribution in [0.1, 0.15) is 27.7 Å². The van der Waals surface area contributed by atoms with Crippen LogP contribution in [-0.2, 0) is 0 Å². The van der Waals surface area contributed by atoms with E-state index in [-0.39, 0.29) is 0 Å². The molecule has 0 aromatic heterocycles. The van der Waals surface area contributed by atoms with Gasteiger partial charge in [-0.15, -0.1) is 0 Å². The molecule has 1 nitrogen and oxygen atoms in total. The SMILES string of the molecule is C/C(C#N)=C(/C)C(C)C. The van der Waals surface area contributed by atoms with E-state index in [2.05, 4.69) is 19.9 Å². The van der Waals surface area contributed by atoms with Crippen LogP contribution >= 0.6 is 0 Å². The summed E-state index contributed by atoms with van der Waals surface area (Å²) < 4.78 is 0. The van der Waals surface area contributed by atoms with Crippen LogP contribution in [0.25, 0.3) is 0 Å². The van der Waals surface area contributed by atoms with Gasteiger partial charge in [0.25, 0.3) is 0 Å². The van der Waals surface area contributed by atoms with Gasteiger partial charge in [-0.25, -0.2) is 0 Å². The molecule has 0 atom stereocenters. The van der Waals surface area contributed by atoms with E-state index < -0.39 is 0 Å². The highest BCUT2D eigenvalue weighted by Crippen LogP contribution is 2.12. The molecule has 0 N–H and O–H groups in total. The Morgan fingerprint density at radius 1 is 1.33 bits per heavy atom. The molecule has 0 saturated carbocycles. The predicted octanol–water partition coefficient (Wildman–Crippen LogP) is 2.50. The predicted molar refractivity (Wildman–Crippen MR) is 38.8 cm³/mol. The molecular formula is C8H13N. The molecule has 9 heavy (non-hydrogen) atoms. The van der Waals surface area contributed by atoms with Crippen molar-refractivity contribution < 1.29 is 0 Å². The first kappa shape index (κ1) is 8.23. The molecule has 0 aromatic carbocycles. The second kappa shape index (κ2) is 3.29. The fourth-order valence-corrected chi connectivity index (χ4v) is 0.521. The van der Waals surface area contributed by atoms with E-state index in [9.17, 15) is 0 Å². The van der Waals surface area contributed by atoms with Gasteiger partial charge >= 0.3 is 0 Å². The van der Waals surface area contributed by atoms with Gasteiger partial charge in [0.2, 0.25) is 0 Å². The zero-order valence-corrected chi connectivity index (χ0v) is 6.52. The summed E-state index contributed by atoms with van der Waals surface area (Å²) >= 11 is 0. The van der Waals surface area contributed by atoms with Crippen LogP contribution < -0.4 is 0 Å². The molecule has 0 unspecified atom stereocenters. The Hall–Kier alpha value is -0.770. The summed E-state index contributed by atoms with van der Waals surface area (Å²) in [5, 5.41) is 8.45. The van der Waals surface area contributed by atoms with Gasteiger partial charge in [-0.05, 0) is 19.8 Å². The van der Waals surface area contributed by atoms with Gasteiger partial charge in [0.1, 0.15) is 0 Å². The maximum absolute atomic E-state index is 8.45. The van der Waals surface area contributed by atoms with Crippen molar-refractivity contribution in [2.45, 2.75) is 27.7 Å². The van der Waals surface area contributed by atoms with Crippen LogP contribution in [-0.4, -0.2) is 0 Å². The van der Waals surface area contributed by atoms with Gasteiger partial charge in [-0.3, -0.25) is 0 Å². The van der Waals surface area contributed by atoms with Gasteiger partial charge < -0.3 is 0 Å². The summed E-state index contributed by atoms with van der Waals surface area (Å²) in [6, 6.07) is 2.13. The third-order valence-electron chi connectivity index (χ3n) is 1.63. The van der Waals surface area contributed by atoms with Crippen LogP contribution in [0, 0.1) is 17.2 Å². The lowest BCUT2D eigenvalue weighted by atomic mass is 10.0. The number of nitrogens with zero attached hydrogens (tertiary/aromatic N) is 1. The first-order valence-electron chi connectivity index (χ1n) is 3.17. The Balaban J connectivity index is 4.34. The Bertz CT molecular complexity index is 158. The largest absolute Gasteiger partial charge is 0.193 e. The fourth-order valence-electron chi connectivity index (χ4n) is 0.521. The van der Waals surface area contributed by atoms with E-state index in [1.807, 2.05) is 13.8 Å². The van der Waals surface area contributed by atoms with Crippen molar-refractivity contribution in [1.29, 1.82) is 5.26 Å². The topological polar surface area (TPSA) is 23.8 Å². The van der Waals surface area contributed by atoms with Gasteiger partial charge in [-0.1, -0.05) is 19.4 Å². The Kier molecular flexibility index (Phi) is 3.01. The zero-order valence-electron chi connectivity index (χ0n) is 6.52. The lowest BCUT2D eigenvalue weighted by molar-refractivity contribution is 0.761. The molecule has 0 heterocycles. The maximum Gasteiger partial charge on any atom is 0.0943 e. The van der Waals surface area contributed by atoms with Crippen molar-refractivity contribution in [1.82, 2.24) is 0 Å². The van der Waals surface area contributed by atoms with Gasteiger partial charge in [0.05, 0.1) is 6.07 Å². The highest BCUT2D eigenvalue weighted by atomic mass is 14.2. The fraction of sp³-hybridized carbons (Fsp3) is 0.625. The van der Waals surface area contributed by atoms with Crippen molar-refractivity contribution in [3.05, 3.63) is 11.1 Å². The average molecular weight is 123 g/mol. The number of nitriles is 1. The van der Waals surface area contributed by atoms with Crippen LogP contribution in [0.15, 0.2) is 11.1 Å². The molecule has 0 bridgehead atoms. The van der Waals surface area contributed by atoms with Crippen molar-refractivity contribution in [3.8, 4) is 6.07 Å². The number of hydrogen-bond donors (Lipinski definition) is 0. The third kappa shape index (κ3) is 2.32. The van der Waals surface area contributed by atoms with E-state index in [4.69, 9.17) is 5.26 Å². The summed E-state index contributed by atoms with van der Waals surface area (Å²) in [7, 11) is 0. The summed E-state index contributed by atoms with van der Waals surface area (Å²) in [6.45, 7) is 8.05. The molecule has 0 radical (unpaired) electrons. The number of rotatable bonds is 1. The smallest absolute Gasteiger partial charge is 0.0943 e. The van der Waals surface area contributed by atoms with Gasteiger partial charge in [0, 0.05) is 5.57 Å². The van der Waals surface area contributed by atoms with Crippen LogP contribution in [0.5, 0.6) is 0 Å². The van der Waals surface area contributed by atoms with Crippen LogP contribution in [0.4, 0.5) is 0 Å².